The fraction of sp³-hybridized carbons (Fsp3) is 0.667. The van der Waals surface area contributed by atoms with E-state index in [-0.39, 0.29) is 0 Å². The highest BCUT2D eigenvalue weighted by atomic mass is 16.5. The van der Waals surface area contributed by atoms with E-state index < -0.39 is 0 Å². The highest BCUT2D eigenvalue weighted by molar-refractivity contribution is 5.22. The van der Waals surface area contributed by atoms with E-state index in [1.165, 1.54) is 11.1 Å². The Hall–Kier alpha value is -0.820. The average Bonchev–Trinajstić information content (AvgIpc) is 2.23. The normalized spacial score (nSPS) is 12.7. The second-order valence-electron chi connectivity index (χ2n) is 7.92. The van der Waals surface area contributed by atoms with Crippen LogP contribution in [0.25, 0.3) is 0 Å². The van der Waals surface area contributed by atoms with Crippen molar-refractivity contribution in [3.63, 3.8) is 0 Å². The lowest BCUT2D eigenvalue weighted by molar-refractivity contribution is 0.0962. The second-order valence-corrected chi connectivity index (χ2v) is 7.92. The molecule has 0 heterocycles. The minimum atomic E-state index is 0.352. The Kier molecular flexibility index (Phi) is 5.61. The molecule has 0 aliphatic rings. The first kappa shape index (κ1) is 16.2. The van der Waals surface area contributed by atoms with Crippen LogP contribution >= 0.6 is 0 Å². The van der Waals surface area contributed by atoms with Gasteiger partial charge in [0.1, 0.15) is 0 Å². The van der Waals surface area contributed by atoms with Crippen LogP contribution < -0.4 is 0 Å². The summed E-state index contributed by atoms with van der Waals surface area (Å²) in [7, 11) is 0. The van der Waals surface area contributed by atoms with Gasteiger partial charge in [0.05, 0.1) is 6.61 Å². The third-order valence-corrected chi connectivity index (χ3v) is 3.02. The molecule has 1 aromatic rings. The van der Waals surface area contributed by atoms with Crippen molar-refractivity contribution < 1.29 is 4.74 Å². The van der Waals surface area contributed by atoms with Gasteiger partial charge in [-0.1, -0.05) is 65.8 Å². The molecule has 0 atom stereocenters. The Morgan fingerprint density at radius 2 is 1.32 bits per heavy atom. The zero-order valence-corrected chi connectivity index (χ0v) is 13.5. The van der Waals surface area contributed by atoms with Gasteiger partial charge < -0.3 is 4.74 Å². The molecule has 0 aromatic heterocycles. The number of rotatable bonds is 5. The van der Waals surface area contributed by atoms with Gasteiger partial charge in [0, 0.05) is 6.61 Å². The molecular weight excluding hydrogens is 232 g/mol. The Morgan fingerprint density at radius 3 is 1.79 bits per heavy atom. The lowest BCUT2D eigenvalue weighted by Crippen LogP contribution is -2.10. The van der Waals surface area contributed by atoms with E-state index in [9.17, 15) is 0 Å². The monoisotopic (exact) mass is 262 g/mol. The van der Waals surface area contributed by atoms with Crippen molar-refractivity contribution in [3.8, 4) is 0 Å². The van der Waals surface area contributed by atoms with Crippen molar-refractivity contribution in [2.24, 2.45) is 10.8 Å². The fourth-order valence-electron chi connectivity index (χ4n) is 1.93. The van der Waals surface area contributed by atoms with Crippen molar-refractivity contribution in [1.82, 2.24) is 0 Å². The minimum absolute atomic E-state index is 0.352. The molecule has 108 valence electrons. The molecule has 1 nitrogen and oxygen atoms in total. The molecule has 1 heteroatoms. The molecule has 0 amide bonds. The lowest BCUT2D eigenvalue weighted by Gasteiger charge is -2.18. The van der Waals surface area contributed by atoms with E-state index in [1.54, 1.807) is 0 Å². The average molecular weight is 262 g/mol. The third-order valence-electron chi connectivity index (χ3n) is 3.02. The fourth-order valence-corrected chi connectivity index (χ4v) is 1.93. The van der Waals surface area contributed by atoms with Crippen LogP contribution in [0.1, 0.15) is 59.1 Å². The highest BCUT2D eigenvalue weighted by Crippen LogP contribution is 2.21. The summed E-state index contributed by atoms with van der Waals surface area (Å²) in [5, 5.41) is 0. The lowest BCUT2D eigenvalue weighted by atomic mass is 9.88. The van der Waals surface area contributed by atoms with Crippen molar-refractivity contribution >= 4 is 0 Å². The number of hydrogen-bond donors (Lipinski definition) is 0. The molecule has 0 unspecified atom stereocenters. The molecule has 0 saturated heterocycles. The van der Waals surface area contributed by atoms with Gasteiger partial charge in [-0.25, -0.2) is 0 Å². The zero-order chi connectivity index (χ0) is 14.5. The number of benzene rings is 1. The Bertz CT molecular complexity index is 362. The molecule has 0 aliphatic heterocycles. The summed E-state index contributed by atoms with van der Waals surface area (Å²) in [6, 6.07) is 8.84. The van der Waals surface area contributed by atoms with Gasteiger partial charge in [0.25, 0.3) is 0 Å². The molecule has 0 saturated carbocycles. The topological polar surface area (TPSA) is 9.23 Å². The zero-order valence-electron chi connectivity index (χ0n) is 13.5. The Labute approximate surface area is 119 Å². The van der Waals surface area contributed by atoms with E-state index in [1.807, 2.05) is 0 Å². The molecule has 0 fully saturated rings. The van der Waals surface area contributed by atoms with Crippen molar-refractivity contribution in [3.05, 3.63) is 35.4 Å². The summed E-state index contributed by atoms with van der Waals surface area (Å²) < 4.78 is 5.74. The first-order valence-corrected chi connectivity index (χ1v) is 7.31. The summed E-state index contributed by atoms with van der Waals surface area (Å²) in [4.78, 5) is 0. The molecule has 0 radical (unpaired) electrons. The first-order chi connectivity index (χ1) is 8.66. The Morgan fingerprint density at radius 1 is 0.789 bits per heavy atom. The van der Waals surface area contributed by atoms with Gasteiger partial charge in [-0.05, 0) is 34.8 Å². The molecular formula is C18H30O. The quantitative estimate of drug-likeness (QED) is 0.660. The summed E-state index contributed by atoms with van der Waals surface area (Å²) in [5.74, 6) is 0. The molecule has 0 N–H and O–H groups in total. The second kappa shape index (κ2) is 6.56. The van der Waals surface area contributed by atoms with Crippen molar-refractivity contribution in [2.45, 2.75) is 61.0 Å². The van der Waals surface area contributed by atoms with Crippen LogP contribution in [0.15, 0.2) is 24.3 Å². The first-order valence-electron chi connectivity index (χ1n) is 7.31. The van der Waals surface area contributed by atoms with E-state index in [0.717, 1.165) is 26.1 Å². The standard InChI is InChI=1S/C18H30O/c1-17(2,3)11-12-19-14-16-9-7-15(8-10-16)13-18(4,5)6/h7-10H,11-14H2,1-6H3. The van der Waals surface area contributed by atoms with Crippen LogP contribution in [-0.2, 0) is 17.8 Å². The molecule has 0 aliphatic carbocycles. The van der Waals surface area contributed by atoms with Gasteiger partial charge in [-0.15, -0.1) is 0 Å². The maximum Gasteiger partial charge on any atom is 0.0716 e. The molecule has 1 rings (SSSR count). The van der Waals surface area contributed by atoms with E-state index in [0.29, 0.717) is 10.8 Å². The largest absolute Gasteiger partial charge is 0.377 e. The Balaban J connectivity index is 2.36. The van der Waals surface area contributed by atoms with Crippen LogP contribution in [-0.4, -0.2) is 6.61 Å². The minimum Gasteiger partial charge on any atom is -0.377 e. The van der Waals surface area contributed by atoms with E-state index in [2.05, 4.69) is 65.8 Å². The van der Waals surface area contributed by atoms with E-state index >= 15 is 0 Å². The SMILES string of the molecule is CC(C)(C)CCOCc1ccc(CC(C)(C)C)cc1. The van der Waals surface area contributed by atoms with Gasteiger partial charge in [-0.3, -0.25) is 0 Å². The van der Waals surface area contributed by atoms with Gasteiger partial charge in [0.15, 0.2) is 0 Å². The van der Waals surface area contributed by atoms with E-state index in [4.69, 9.17) is 4.74 Å². The van der Waals surface area contributed by atoms with Crippen molar-refractivity contribution in [1.29, 1.82) is 0 Å². The number of hydrogen-bond acceptors (Lipinski definition) is 1. The maximum atomic E-state index is 5.74. The van der Waals surface area contributed by atoms with Crippen LogP contribution in [0, 0.1) is 10.8 Å². The number of ether oxygens (including phenoxy) is 1. The van der Waals surface area contributed by atoms with Crippen LogP contribution in [0.2, 0.25) is 0 Å². The molecule has 0 bridgehead atoms. The van der Waals surface area contributed by atoms with Gasteiger partial charge >= 0.3 is 0 Å². The molecule has 19 heavy (non-hydrogen) atoms. The molecule has 1 aromatic carbocycles. The summed E-state index contributed by atoms with van der Waals surface area (Å²) in [6.45, 7) is 15.1. The van der Waals surface area contributed by atoms with Gasteiger partial charge in [-0.2, -0.15) is 0 Å². The molecule has 0 spiro atoms. The smallest absolute Gasteiger partial charge is 0.0716 e. The van der Waals surface area contributed by atoms with Gasteiger partial charge in [0.2, 0.25) is 0 Å². The highest BCUT2D eigenvalue weighted by Gasteiger charge is 2.11. The predicted octanol–water partition coefficient (Wildman–Crippen LogP) is 5.23. The van der Waals surface area contributed by atoms with Crippen LogP contribution in [0.4, 0.5) is 0 Å². The summed E-state index contributed by atoms with van der Waals surface area (Å²) >= 11 is 0. The van der Waals surface area contributed by atoms with Crippen LogP contribution in [0.5, 0.6) is 0 Å². The maximum absolute atomic E-state index is 5.74. The summed E-state index contributed by atoms with van der Waals surface area (Å²) in [6.07, 6.45) is 2.23. The van der Waals surface area contributed by atoms with Crippen molar-refractivity contribution in [2.75, 3.05) is 6.61 Å². The predicted molar refractivity (Wildman–Crippen MR) is 83.3 cm³/mol. The van der Waals surface area contributed by atoms with Crippen LogP contribution in [0.3, 0.4) is 0 Å². The summed E-state index contributed by atoms with van der Waals surface area (Å²) in [5.41, 5.74) is 3.39. The third kappa shape index (κ3) is 8.05.